The minimum Gasteiger partial charge on any atom is -0.394 e. The fourth-order valence-corrected chi connectivity index (χ4v) is 2.01. The van der Waals surface area contributed by atoms with Crippen molar-refractivity contribution in [3.05, 3.63) is 38.9 Å². The van der Waals surface area contributed by atoms with Gasteiger partial charge in [0.2, 0.25) is 0 Å². The molecular weight excluding hydrogens is 284 g/mol. The Morgan fingerprint density at radius 2 is 2.05 bits per heavy atom. The Bertz CT molecular complexity index is 507. The highest BCUT2D eigenvalue weighted by atomic mass is 35.5. The molecule has 20 heavy (non-hydrogen) atoms. The molecule has 0 aliphatic rings. The topological polar surface area (TPSA) is 92.5 Å². The number of amides is 1. The summed E-state index contributed by atoms with van der Waals surface area (Å²) in [5, 5.41) is 23.3. The predicted octanol–water partition coefficient (Wildman–Crippen LogP) is 2.53. The second-order valence-electron chi connectivity index (χ2n) is 4.52. The fraction of sp³-hybridized carbons (Fsp3) is 0.462. The average molecular weight is 301 g/mol. The number of aliphatic hydroxyl groups excluding tert-OH is 1. The molecule has 0 saturated heterocycles. The zero-order valence-corrected chi connectivity index (χ0v) is 12.1. The van der Waals surface area contributed by atoms with E-state index in [-0.39, 0.29) is 22.9 Å². The molecule has 0 aliphatic carbocycles. The molecule has 0 radical (unpaired) electrons. The molecule has 0 aliphatic heterocycles. The molecule has 0 fully saturated rings. The smallest absolute Gasteiger partial charge is 0.283 e. The van der Waals surface area contributed by atoms with Crippen molar-refractivity contribution in [3.8, 4) is 0 Å². The first-order valence-electron chi connectivity index (χ1n) is 6.26. The van der Waals surface area contributed by atoms with Crippen molar-refractivity contribution in [2.24, 2.45) is 0 Å². The number of hydrogen-bond acceptors (Lipinski definition) is 4. The van der Waals surface area contributed by atoms with Crippen molar-refractivity contribution >= 4 is 23.2 Å². The number of rotatable bonds is 6. The average Bonchev–Trinajstić information content (AvgIpc) is 2.44. The molecular formula is C13H17ClN2O4. The number of halogens is 1. The molecule has 6 nitrogen and oxygen atoms in total. The standard InChI is InChI=1S/C13H17ClN2O4/c1-3-13(4-2,8-17)15-12(18)10-6-5-9(14)7-11(10)16(19)20/h5-7,17H,3-4,8H2,1-2H3,(H,15,18). The molecule has 0 bridgehead atoms. The molecule has 1 rings (SSSR count). The molecule has 0 saturated carbocycles. The van der Waals surface area contributed by atoms with Gasteiger partial charge in [-0.1, -0.05) is 25.4 Å². The van der Waals surface area contributed by atoms with Gasteiger partial charge in [0.1, 0.15) is 5.56 Å². The lowest BCUT2D eigenvalue weighted by Gasteiger charge is -2.30. The van der Waals surface area contributed by atoms with Gasteiger partial charge in [-0.25, -0.2) is 0 Å². The first kappa shape index (κ1) is 16.4. The Kier molecular flexibility index (Phi) is 5.47. The minimum absolute atomic E-state index is 0.0703. The maximum atomic E-state index is 12.2. The Hall–Kier alpha value is -1.66. The Balaban J connectivity index is 3.12. The molecule has 0 unspecified atom stereocenters. The van der Waals surface area contributed by atoms with Gasteiger partial charge in [0.25, 0.3) is 11.6 Å². The van der Waals surface area contributed by atoms with E-state index in [1.54, 1.807) is 0 Å². The van der Waals surface area contributed by atoms with Crippen LogP contribution in [0.4, 0.5) is 5.69 Å². The first-order valence-corrected chi connectivity index (χ1v) is 6.64. The van der Waals surface area contributed by atoms with Crippen molar-refractivity contribution in [3.63, 3.8) is 0 Å². The molecule has 1 amide bonds. The number of aliphatic hydroxyl groups is 1. The lowest BCUT2D eigenvalue weighted by molar-refractivity contribution is -0.385. The van der Waals surface area contributed by atoms with Crippen molar-refractivity contribution in [2.45, 2.75) is 32.2 Å². The molecule has 0 atom stereocenters. The van der Waals surface area contributed by atoms with Gasteiger partial charge >= 0.3 is 0 Å². The van der Waals surface area contributed by atoms with E-state index in [1.165, 1.54) is 12.1 Å². The van der Waals surface area contributed by atoms with Gasteiger partial charge in [-0.15, -0.1) is 0 Å². The Morgan fingerprint density at radius 3 is 2.50 bits per heavy atom. The molecule has 0 spiro atoms. The summed E-state index contributed by atoms with van der Waals surface area (Å²) in [5.74, 6) is -0.592. The molecule has 110 valence electrons. The maximum absolute atomic E-state index is 12.2. The van der Waals surface area contributed by atoms with Crippen LogP contribution in [-0.2, 0) is 0 Å². The molecule has 2 N–H and O–H groups in total. The van der Waals surface area contributed by atoms with E-state index in [1.807, 2.05) is 13.8 Å². The molecule has 1 aromatic rings. The minimum atomic E-state index is -0.773. The summed E-state index contributed by atoms with van der Waals surface area (Å²) < 4.78 is 0. The van der Waals surface area contributed by atoms with Crippen LogP contribution in [-0.4, -0.2) is 28.1 Å². The summed E-state index contributed by atoms with van der Waals surface area (Å²) in [6.45, 7) is 3.43. The molecule has 0 aromatic heterocycles. The third-order valence-electron chi connectivity index (χ3n) is 3.44. The maximum Gasteiger partial charge on any atom is 0.283 e. The lowest BCUT2D eigenvalue weighted by atomic mass is 9.93. The predicted molar refractivity (Wildman–Crippen MR) is 76.0 cm³/mol. The Morgan fingerprint density at radius 1 is 1.45 bits per heavy atom. The number of nitro benzene ring substituents is 1. The second kappa shape index (κ2) is 6.67. The number of nitrogens with one attached hydrogen (secondary N) is 1. The van der Waals surface area contributed by atoms with Gasteiger partial charge in [-0.05, 0) is 25.0 Å². The van der Waals surface area contributed by atoms with Gasteiger partial charge in [0.05, 0.1) is 17.1 Å². The van der Waals surface area contributed by atoms with E-state index in [4.69, 9.17) is 11.6 Å². The zero-order chi connectivity index (χ0) is 15.3. The van der Waals surface area contributed by atoms with Gasteiger partial charge in [0, 0.05) is 11.1 Å². The fourth-order valence-electron chi connectivity index (χ4n) is 1.85. The SMILES string of the molecule is CCC(CC)(CO)NC(=O)c1ccc(Cl)cc1[N+](=O)[O-]. The van der Waals surface area contributed by atoms with Gasteiger partial charge < -0.3 is 10.4 Å². The summed E-state index contributed by atoms with van der Waals surface area (Å²) in [5.41, 5.74) is -1.20. The third kappa shape index (κ3) is 3.46. The summed E-state index contributed by atoms with van der Waals surface area (Å²) in [4.78, 5) is 22.5. The van der Waals surface area contributed by atoms with E-state index in [9.17, 15) is 20.0 Å². The van der Waals surface area contributed by atoms with Gasteiger partial charge in [-0.2, -0.15) is 0 Å². The monoisotopic (exact) mass is 300 g/mol. The summed E-state index contributed by atoms with van der Waals surface area (Å²) >= 11 is 5.70. The normalized spacial score (nSPS) is 11.2. The van der Waals surface area contributed by atoms with E-state index in [2.05, 4.69) is 5.32 Å². The van der Waals surface area contributed by atoms with Crippen LogP contribution in [0.1, 0.15) is 37.0 Å². The van der Waals surface area contributed by atoms with Crippen LogP contribution in [0.15, 0.2) is 18.2 Å². The van der Waals surface area contributed by atoms with Crippen LogP contribution < -0.4 is 5.32 Å². The van der Waals surface area contributed by atoms with E-state index >= 15 is 0 Å². The van der Waals surface area contributed by atoms with Crippen LogP contribution in [0.5, 0.6) is 0 Å². The highest BCUT2D eigenvalue weighted by Crippen LogP contribution is 2.24. The largest absolute Gasteiger partial charge is 0.394 e. The number of carbonyl (C=O) groups is 1. The zero-order valence-electron chi connectivity index (χ0n) is 11.4. The molecule has 7 heteroatoms. The molecule has 1 aromatic carbocycles. The lowest BCUT2D eigenvalue weighted by Crippen LogP contribution is -2.50. The van der Waals surface area contributed by atoms with Crippen LogP contribution >= 0.6 is 11.6 Å². The first-order chi connectivity index (χ1) is 9.39. The number of nitrogens with zero attached hydrogens (tertiary/aromatic N) is 1. The van der Waals surface area contributed by atoms with Crippen molar-refractivity contribution in [2.75, 3.05) is 6.61 Å². The number of benzene rings is 1. The highest BCUT2D eigenvalue weighted by molar-refractivity contribution is 6.31. The van der Waals surface area contributed by atoms with Crippen LogP contribution in [0, 0.1) is 10.1 Å². The van der Waals surface area contributed by atoms with Crippen molar-refractivity contribution < 1.29 is 14.8 Å². The number of carbonyl (C=O) groups excluding carboxylic acids is 1. The summed E-state index contributed by atoms with van der Waals surface area (Å²) in [7, 11) is 0. The van der Waals surface area contributed by atoms with E-state index < -0.39 is 16.4 Å². The van der Waals surface area contributed by atoms with E-state index in [0.29, 0.717) is 12.8 Å². The van der Waals surface area contributed by atoms with E-state index in [0.717, 1.165) is 6.07 Å². The summed E-state index contributed by atoms with van der Waals surface area (Å²) in [6, 6.07) is 3.86. The summed E-state index contributed by atoms with van der Waals surface area (Å²) in [6.07, 6.45) is 1.04. The van der Waals surface area contributed by atoms with Crippen LogP contribution in [0.25, 0.3) is 0 Å². The van der Waals surface area contributed by atoms with Crippen molar-refractivity contribution in [1.82, 2.24) is 5.32 Å². The van der Waals surface area contributed by atoms with Crippen LogP contribution in [0.3, 0.4) is 0 Å². The molecule has 0 heterocycles. The van der Waals surface area contributed by atoms with Crippen molar-refractivity contribution in [1.29, 1.82) is 0 Å². The van der Waals surface area contributed by atoms with Crippen LogP contribution in [0.2, 0.25) is 5.02 Å². The third-order valence-corrected chi connectivity index (χ3v) is 3.67. The highest BCUT2D eigenvalue weighted by Gasteiger charge is 2.30. The van der Waals surface area contributed by atoms with Gasteiger partial charge in [0.15, 0.2) is 0 Å². The number of nitro groups is 1. The Labute approximate surface area is 121 Å². The quantitative estimate of drug-likeness (QED) is 0.623. The second-order valence-corrected chi connectivity index (χ2v) is 4.95. The number of hydrogen-bond donors (Lipinski definition) is 2. The van der Waals surface area contributed by atoms with Gasteiger partial charge in [-0.3, -0.25) is 14.9 Å².